The maximum Gasteiger partial charge on any atom is 0.293 e. The molecule has 2 aromatic carbocycles. The van der Waals surface area contributed by atoms with Crippen molar-refractivity contribution < 1.29 is 19.0 Å². The van der Waals surface area contributed by atoms with E-state index in [-0.39, 0.29) is 6.10 Å². The summed E-state index contributed by atoms with van der Waals surface area (Å²) in [5.74, 6) is 2.24. The third kappa shape index (κ3) is 17.4. The van der Waals surface area contributed by atoms with Gasteiger partial charge in [0, 0.05) is 0 Å². The van der Waals surface area contributed by atoms with Crippen molar-refractivity contribution in [3.05, 3.63) is 66.7 Å². The molecular formula is C26H40O4. The molecule has 1 unspecified atom stereocenters. The molecule has 2 rings (SSSR count). The number of rotatable bonds is 8. The van der Waals surface area contributed by atoms with Gasteiger partial charge in [0.2, 0.25) is 0 Å². The Bertz CT molecular complexity index is 632. The molecule has 0 N–H and O–H groups in total. The van der Waals surface area contributed by atoms with Crippen LogP contribution in [0.25, 0.3) is 0 Å². The lowest BCUT2D eigenvalue weighted by atomic mass is 10.3. The minimum atomic E-state index is -0.220. The molecule has 0 saturated heterocycles. The van der Waals surface area contributed by atoms with E-state index in [0.717, 1.165) is 11.5 Å². The van der Waals surface area contributed by atoms with Crippen LogP contribution < -0.4 is 9.47 Å². The van der Waals surface area contributed by atoms with Crippen LogP contribution in [0.1, 0.15) is 61.3 Å². The van der Waals surface area contributed by atoms with Crippen LogP contribution >= 0.6 is 0 Å². The zero-order valence-electron chi connectivity index (χ0n) is 19.8. The number of ether oxygens (including phenoxy) is 3. The molecule has 0 aliphatic carbocycles. The van der Waals surface area contributed by atoms with Crippen molar-refractivity contribution in [1.29, 1.82) is 0 Å². The highest BCUT2D eigenvalue weighted by Crippen LogP contribution is 2.23. The molecule has 0 amide bonds. The van der Waals surface area contributed by atoms with Crippen LogP contribution in [0.5, 0.6) is 17.2 Å². The summed E-state index contributed by atoms with van der Waals surface area (Å²) in [6.45, 7) is 18.5. The van der Waals surface area contributed by atoms with E-state index in [1.54, 1.807) is 0 Å². The zero-order chi connectivity index (χ0) is 23.2. The smallest absolute Gasteiger partial charge is 0.293 e. The van der Waals surface area contributed by atoms with Gasteiger partial charge in [-0.3, -0.25) is 4.79 Å². The van der Waals surface area contributed by atoms with Crippen molar-refractivity contribution >= 4 is 6.47 Å². The van der Waals surface area contributed by atoms with Crippen molar-refractivity contribution in [2.24, 2.45) is 0 Å². The predicted molar refractivity (Wildman–Crippen MR) is 127 cm³/mol. The fraction of sp³-hybridized carbons (Fsp3) is 0.423. The molecule has 0 radical (unpaired) electrons. The van der Waals surface area contributed by atoms with Gasteiger partial charge in [0.15, 0.2) is 0 Å². The first-order valence-electron chi connectivity index (χ1n) is 10.6. The molecule has 4 heteroatoms. The Kier molecular flexibility index (Phi) is 20.6. The molecule has 2 aromatic rings. The van der Waals surface area contributed by atoms with E-state index >= 15 is 0 Å². The summed E-state index contributed by atoms with van der Waals surface area (Å²) in [4.78, 5) is 10.3. The summed E-state index contributed by atoms with van der Waals surface area (Å²) < 4.78 is 16.2. The highest BCUT2D eigenvalue weighted by Gasteiger charge is 2.07. The first kappa shape index (κ1) is 29.5. The van der Waals surface area contributed by atoms with Gasteiger partial charge in [0.1, 0.15) is 30.0 Å². The van der Waals surface area contributed by atoms with Gasteiger partial charge < -0.3 is 14.2 Å². The second-order valence-electron chi connectivity index (χ2n) is 6.37. The summed E-state index contributed by atoms with van der Waals surface area (Å²) in [5, 5.41) is 0. The van der Waals surface area contributed by atoms with Crippen molar-refractivity contribution in [1.82, 2.24) is 0 Å². The lowest BCUT2D eigenvalue weighted by Crippen LogP contribution is -2.20. The van der Waals surface area contributed by atoms with E-state index in [0.29, 0.717) is 25.2 Å². The Morgan fingerprint density at radius 2 is 1.33 bits per heavy atom. The number of allylic oxidation sites excluding steroid dienone is 1. The van der Waals surface area contributed by atoms with Crippen LogP contribution in [0.4, 0.5) is 0 Å². The molecule has 1 atom stereocenters. The van der Waals surface area contributed by atoms with Gasteiger partial charge in [0.05, 0.1) is 0 Å². The molecule has 0 saturated carbocycles. The second kappa shape index (κ2) is 21.0. The van der Waals surface area contributed by atoms with E-state index in [9.17, 15) is 4.79 Å². The molecule has 4 nitrogen and oxygen atoms in total. The van der Waals surface area contributed by atoms with Crippen LogP contribution in [0.2, 0.25) is 0 Å². The van der Waals surface area contributed by atoms with Crippen molar-refractivity contribution in [3.63, 3.8) is 0 Å². The summed E-state index contributed by atoms with van der Waals surface area (Å²) in [7, 11) is 0. The van der Waals surface area contributed by atoms with Crippen molar-refractivity contribution in [3.8, 4) is 17.2 Å². The van der Waals surface area contributed by atoms with Crippen LogP contribution in [0, 0.1) is 0 Å². The minimum Gasteiger partial charge on any atom is -0.490 e. The van der Waals surface area contributed by atoms with E-state index < -0.39 is 0 Å². The Morgan fingerprint density at radius 1 is 0.900 bits per heavy atom. The van der Waals surface area contributed by atoms with Gasteiger partial charge in [-0.25, -0.2) is 0 Å². The Balaban J connectivity index is 0. The first-order valence-corrected chi connectivity index (χ1v) is 10.6. The minimum absolute atomic E-state index is 0.220. The topological polar surface area (TPSA) is 44.8 Å². The first-order chi connectivity index (χ1) is 14.5. The van der Waals surface area contributed by atoms with Gasteiger partial charge >= 0.3 is 0 Å². The maximum absolute atomic E-state index is 10.3. The second-order valence-corrected chi connectivity index (χ2v) is 6.37. The lowest BCUT2D eigenvalue weighted by molar-refractivity contribution is -0.135. The molecule has 30 heavy (non-hydrogen) atoms. The van der Waals surface area contributed by atoms with Gasteiger partial charge in [-0.05, 0) is 56.7 Å². The highest BCUT2D eigenvalue weighted by atomic mass is 16.6. The Morgan fingerprint density at radius 3 is 1.77 bits per heavy atom. The molecule has 0 heterocycles. The normalized spacial score (nSPS) is 9.70. The summed E-state index contributed by atoms with van der Waals surface area (Å²) in [6, 6.07) is 16.9. The number of carbonyl (C=O) groups excluding carboxylic acids is 1. The van der Waals surface area contributed by atoms with E-state index in [1.807, 2.05) is 89.2 Å². The Labute approximate surface area is 183 Å². The van der Waals surface area contributed by atoms with Gasteiger partial charge in [-0.2, -0.15) is 0 Å². The average Bonchev–Trinajstić information content (AvgIpc) is 2.74. The number of hydrogen-bond donors (Lipinski definition) is 0. The van der Waals surface area contributed by atoms with E-state index in [4.69, 9.17) is 14.2 Å². The quantitative estimate of drug-likeness (QED) is 0.325. The predicted octanol–water partition coefficient (Wildman–Crippen LogP) is 7.83. The number of carbonyl (C=O) groups is 1. The standard InChI is InChI=1S/C17H18O4.C4H8.C3H8.C2H6/c1-2-14(20-13-18)12-19-15-8-10-17(11-9-15)21-16-6-4-3-5-7-16;1-4(2)3;1-3-2;1-2/h3-11,13-14H,2,12H2,1H3;1H2,2-3H3;3H2,1-2H3;1-2H3. The Hall–Kier alpha value is -2.75. The maximum atomic E-state index is 10.3. The number of hydrogen-bond acceptors (Lipinski definition) is 4. The summed E-state index contributed by atoms with van der Waals surface area (Å²) in [6.07, 6.45) is 1.75. The molecule has 0 spiro atoms. The van der Waals surface area contributed by atoms with Crippen molar-refractivity contribution in [2.75, 3.05) is 6.61 Å². The molecule has 0 aromatic heterocycles. The molecule has 0 aliphatic heterocycles. The summed E-state index contributed by atoms with van der Waals surface area (Å²) in [5.41, 5.74) is 1.17. The molecule has 168 valence electrons. The van der Waals surface area contributed by atoms with E-state index in [1.165, 1.54) is 12.0 Å². The van der Waals surface area contributed by atoms with Crippen LogP contribution in [-0.4, -0.2) is 19.2 Å². The fourth-order valence-corrected chi connectivity index (χ4v) is 1.75. The third-order valence-electron chi connectivity index (χ3n) is 2.94. The van der Waals surface area contributed by atoms with Gasteiger partial charge in [-0.15, -0.1) is 6.58 Å². The highest BCUT2D eigenvalue weighted by molar-refractivity contribution is 5.37. The average molecular weight is 417 g/mol. The van der Waals surface area contributed by atoms with Crippen LogP contribution in [0.15, 0.2) is 66.7 Å². The van der Waals surface area contributed by atoms with Crippen molar-refractivity contribution in [2.45, 2.75) is 67.4 Å². The fourth-order valence-electron chi connectivity index (χ4n) is 1.75. The molecule has 0 aliphatic rings. The van der Waals surface area contributed by atoms with Crippen LogP contribution in [-0.2, 0) is 9.53 Å². The zero-order valence-corrected chi connectivity index (χ0v) is 19.8. The van der Waals surface area contributed by atoms with E-state index in [2.05, 4.69) is 20.4 Å². The summed E-state index contributed by atoms with van der Waals surface area (Å²) >= 11 is 0. The lowest BCUT2D eigenvalue weighted by Gasteiger charge is -2.14. The number of benzene rings is 2. The van der Waals surface area contributed by atoms with Gasteiger partial charge in [-0.1, -0.05) is 64.8 Å². The number of para-hydroxylation sites is 1. The third-order valence-corrected chi connectivity index (χ3v) is 2.94. The molecule has 0 fully saturated rings. The SMILES string of the molecule is C=C(C)C.CC.CCC.CCC(COc1ccc(Oc2ccccc2)cc1)OC=O. The molecule has 0 bridgehead atoms. The monoisotopic (exact) mass is 416 g/mol. The molecular weight excluding hydrogens is 376 g/mol. The van der Waals surface area contributed by atoms with Crippen LogP contribution in [0.3, 0.4) is 0 Å². The van der Waals surface area contributed by atoms with Gasteiger partial charge in [0.25, 0.3) is 6.47 Å². The largest absolute Gasteiger partial charge is 0.490 e.